The highest BCUT2D eigenvalue weighted by Gasteiger charge is 2.63. The van der Waals surface area contributed by atoms with Crippen LogP contribution in [-0.2, 0) is 18.9 Å². The second-order valence-electron chi connectivity index (χ2n) is 5.04. The van der Waals surface area contributed by atoms with Gasteiger partial charge in [-0.05, 0) is 20.8 Å². The van der Waals surface area contributed by atoms with Gasteiger partial charge in [-0.3, -0.25) is 0 Å². The molecule has 0 amide bonds. The lowest BCUT2D eigenvalue weighted by molar-refractivity contribution is -0.255. The van der Waals surface area contributed by atoms with Gasteiger partial charge in [0.2, 0.25) is 0 Å². The van der Waals surface area contributed by atoms with E-state index >= 15 is 0 Å². The number of hydrogen-bond acceptors (Lipinski definition) is 5. The van der Waals surface area contributed by atoms with Gasteiger partial charge in [-0.15, -0.1) is 6.58 Å². The third-order valence-electron chi connectivity index (χ3n) is 3.09. The Morgan fingerprint density at radius 2 is 2.12 bits per heavy atom. The van der Waals surface area contributed by atoms with Crippen molar-refractivity contribution in [1.82, 2.24) is 0 Å². The van der Waals surface area contributed by atoms with Crippen molar-refractivity contribution >= 4 is 0 Å². The number of ether oxygens (including phenoxy) is 4. The van der Waals surface area contributed by atoms with E-state index in [0.29, 0.717) is 6.61 Å². The smallest absolute Gasteiger partial charge is 0.190 e. The zero-order chi connectivity index (χ0) is 12.7. The number of hydrogen-bond donors (Lipinski definition) is 1. The Balaban J connectivity index is 2.18. The molecule has 2 fully saturated rings. The second kappa shape index (κ2) is 4.33. The third kappa shape index (κ3) is 2.13. The summed E-state index contributed by atoms with van der Waals surface area (Å²) < 4.78 is 22.8. The fourth-order valence-corrected chi connectivity index (χ4v) is 2.53. The van der Waals surface area contributed by atoms with E-state index in [-0.39, 0.29) is 12.7 Å². The first-order valence-electron chi connectivity index (χ1n) is 5.80. The normalized spacial score (nSPS) is 43.6. The van der Waals surface area contributed by atoms with Crippen LogP contribution in [0.15, 0.2) is 12.7 Å². The Morgan fingerprint density at radius 3 is 2.71 bits per heavy atom. The molecule has 2 aliphatic heterocycles. The standard InChI is InChI=1S/C12H20O5/c1-5-6-14-10-12(4)9(8(7-13)15-10)16-11(2,3)17-12/h5,8-10,13H,1,6-7H2,2-4H3/t8-,9-,10?,12-/m1/s1. The quantitative estimate of drug-likeness (QED) is 0.742. The van der Waals surface area contributed by atoms with Crippen molar-refractivity contribution in [2.75, 3.05) is 13.2 Å². The molecule has 2 rings (SSSR count). The van der Waals surface area contributed by atoms with Crippen LogP contribution in [0.1, 0.15) is 20.8 Å². The second-order valence-corrected chi connectivity index (χ2v) is 5.04. The molecule has 0 radical (unpaired) electrons. The van der Waals surface area contributed by atoms with Crippen LogP contribution in [0.25, 0.3) is 0 Å². The van der Waals surface area contributed by atoms with Crippen LogP contribution >= 0.6 is 0 Å². The largest absolute Gasteiger partial charge is 0.394 e. The summed E-state index contributed by atoms with van der Waals surface area (Å²) in [5.41, 5.74) is -0.695. The minimum Gasteiger partial charge on any atom is -0.394 e. The summed E-state index contributed by atoms with van der Waals surface area (Å²) in [6.45, 7) is 9.42. The number of aliphatic hydroxyl groups is 1. The molecular formula is C12H20O5. The van der Waals surface area contributed by atoms with Gasteiger partial charge < -0.3 is 24.1 Å². The molecule has 0 spiro atoms. The van der Waals surface area contributed by atoms with Crippen LogP contribution < -0.4 is 0 Å². The number of fused-ring (bicyclic) bond motifs is 1. The first-order chi connectivity index (χ1) is 7.93. The molecule has 5 nitrogen and oxygen atoms in total. The summed E-state index contributed by atoms with van der Waals surface area (Å²) in [4.78, 5) is 0. The minimum absolute atomic E-state index is 0.117. The van der Waals surface area contributed by atoms with Gasteiger partial charge >= 0.3 is 0 Å². The van der Waals surface area contributed by atoms with Crippen LogP contribution in [0, 0.1) is 0 Å². The van der Waals surface area contributed by atoms with Crippen LogP contribution in [0.5, 0.6) is 0 Å². The SMILES string of the molecule is C=CCOC1O[C@H](CO)[C@H]2OC(C)(C)O[C@@]12C. The van der Waals surface area contributed by atoms with Crippen molar-refractivity contribution in [2.45, 2.75) is 50.7 Å². The topological polar surface area (TPSA) is 57.2 Å². The molecule has 5 heteroatoms. The zero-order valence-corrected chi connectivity index (χ0v) is 10.5. The molecule has 0 aromatic heterocycles. The first-order valence-corrected chi connectivity index (χ1v) is 5.80. The van der Waals surface area contributed by atoms with E-state index in [9.17, 15) is 5.11 Å². The Labute approximate surface area is 101 Å². The van der Waals surface area contributed by atoms with E-state index in [4.69, 9.17) is 18.9 Å². The van der Waals surface area contributed by atoms with Crippen molar-refractivity contribution in [3.05, 3.63) is 12.7 Å². The molecule has 2 heterocycles. The van der Waals surface area contributed by atoms with Crippen molar-refractivity contribution in [3.63, 3.8) is 0 Å². The van der Waals surface area contributed by atoms with E-state index in [1.807, 2.05) is 20.8 Å². The average molecular weight is 244 g/mol. The van der Waals surface area contributed by atoms with Gasteiger partial charge in [0, 0.05) is 0 Å². The molecule has 4 atom stereocenters. The number of aliphatic hydroxyl groups excluding tert-OH is 1. The van der Waals surface area contributed by atoms with E-state index in [2.05, 4.69) is 6.58 Å². The van der Waals surface area contributed by atoms with E-state index in [0.717, 1.165) is 0 Å². The van der Waals surface area contributed by atoms with Crippen molar-refractivity contribution in [3.8, 4) is 0 Å². The summed E-state index contributed by atoms with van der Waals surface area (Å²) in [5, 5.41) is 9.30. The highest BCUT2D eigenvalue weighted by molar-refractivity contribution is 5.04. The van der Waals surface area contributed by atoms with Crippen LogP contribution in [0.3, 0.4) is 0 Å². The van der Waals surface area contributed by atoms with Gasteiger partial charge in [0.25, 0.3) is 0 Å². The maximum atomic E-state index is 9.30. The Morgan fingerprint density at radius 1 is 1.41 bits per heavy atom. The van der Waals surface area contributed by atoms with Crippen LogP contribution in [0.2, 0.25) is 0 Å². The first kappa shape index (κ1) is 13.0. The molecule has 0 aliphatic carbocycles. The molecular weight excluding hydrogens is 224 g/mol. The van der Waals surface area contributed by atoms with Crippen LogP contribution in [-0.4, -0.2) is 48.2 Å². The molecule has 1 N–H and O–H groups in total. The molecule has 2 aliphatic rings. The molecule has 0 saturated carbocycles. The van der Waals surface area contributed by atoms with Gasteiger partial charge in [0.1, 0.15) is 17.8 Å². The molecule has 0 aromatic rings. The molecule has 98 valence electrons. The lowest BCUT2D eigenvalue weighted by Crippen LogP contribution is -2.45. The van der Waals surface area contributed by atoms with Gasteiger partial charge in [-0.1, -0.05) is 6.08 Å². The fraction of sp³-hybridized carbons (Fsp3) is 0.833. The predicted molar refractivity (Wildman–Crippen MR) is 60.3 cm³/mol. The van der Waals surface area contributed by atoms with Crippen molar-refractivity contribution < 1.29 is 24.1 Å². The summed E-state index contributed by atoms with van der Waals surface area (Å²) >= 11 is 0. The lowest BCUT2D eigenvalue weighted by Gasteiger charge is -2.28. The van der Waals surface area contributed by atoms with E-state index in [1.54, 1.807) is 6.08 Å². The summed E-state index contributed by atoms with van der Waals surface area (Å²) in [6.07, 6.45) is 0.355. The minimum atomic E-state index is -0.695. The predicted octanol–water partition coefficient (Wildman–Crippen LogP) is 0.816. The maximum absolute atomic E-state index is 9.30. The fourth-order valence-electron chi connectivity index (χ4n) is 2.53. The highest BCUT2D eigenvalue weighted by atomic mass is 16.8. The Bertz CT molecular complexity index is 303. The average Bonchev–Trinajstić information content (AvgIpc) is 2.62. The highest BCUT2D eigenvalue weighted by Crippen LogP contribution is 2.46. The monoisotopic (exact) mass is 244 g/mol. The van der Waals surface area contributed by atoms with Gasteiger partial charge in [0.15, 0.2) is 12.1 Å². The van der Waals surface area contributed by atoms with E-state index < -0.39 is 23.8 Å². The van der Waals surface area contributed by atoms with Gasteiger partial charge in [0.05, 0.1) is 13.2 Å². The molecule has 0 aromatic carbocycles. The summed E-state index contributed by atoms with van der Waals surface area (Å²) in [5.74, 6) is -0.688. The Hall–Kier alpha value is -0.460. The van der Waals surface area contributed by atoms with E-state index in [1.165, 1.54) is 0 Å². The molecule has 1 unspecified atom stereocenters. The van der Waals surface area contributed by atoms with Gasteiger partial charge in [-0.25, -0.2) is 0 Å². The molecule has 0 bridgehead atoms. The lowest BCUT2D eigenvalue weighted by atomic mass is 9.98. The van der Waals surface area contributed by atoms with Crippen molar-refractivity contribution in [2.24, 2.45) is 0 Å². The van der Waals surface area contributed by atoms with Crippen LogP contribution in [0.4, 0.5) is 0 Å². The molecule has 17 heavy (non-hydrogen) atoms. The third-order valence-corrected chi connectivity index (χ3v) is 3.09. The van der Waals surface area contributed by atoms with Crippen molar-refractivity contribution in [1.29, 1.82) is 0 Å². The molecule has 2 saturated heterocycles. The summed E-state index contributed by atoms with van der Waals surface area (Å²) in [6, 6.07) is 0. The Kier molecular flexibility index (Phi) is 3.31. The van der Waals surface area contributed by atoms with Gasteiger partial charge in [-0.2, -0.15) is 0 Å². The number of rotatable bonds is 4. The zero-order valence-electron chi connectivity index (χ0n) is 10.5. The summed E-state index contributed by atoms with van der Waals surface area (Å²) in [7, 11) is 0. The maximum Gasteiger partial charge on any atom is 0.190 e.